The molecule has 0 saturated carbocycles. The van der Waals surface area contributed by atoms with Gasteiger partial charge in [-0.2, -0.15) is 0 Å². The monoisotopic (exact) mass is 441 g/mol. The number of amides is 1. The number of nitrogens with one attached hydrogen (secondary N) is 1. The lowest BCUT2D eigenvalue weighted by atomic mass is 10.0. The van der Waals surface area contributed by atoms with E-state index in [-0.39, 0.29) is 29.7 Å². The van der Waals surface area contributed by atoms with E-state index < -0.39 is 23.5 Å². The van der Waals surface area contributed by atoms with Crippen molar-refractivity contribution >= 4 is 22.8 Å². The Labute approximate surface area is 183 Å². The predicted octanol–water partition coefficient (Wildman–Crippen LogP) is 2.18. The molecule has 9 heteroatoms. The van der Waals surface area contributed by atoms with Gasteiger partial charge in [0.25, 0.3) is 0 Å². The predicted molar refractivity (Wildman–Crippen MR) is 115 cm³/mol. The molecule has 1 heterocycles. The number of carboxylic acid groups (broad SMARTS) is 1. The van der Waals surface area contributed by atoms with Gasteiger partial charge in [0.05, 0.1) is 26.2 Å². The molecule has 168 valence electrons. The molecule has 1 amide bonds. The third-order valence-electron chi connectivity index (χ3n) is 5.14. The molecule has 0 unspecified atom stereocenters. The first-order chi connectivity index (χ1) is 15.2. The number of aryl methyl sites for hydroxylation is 1. The van der Waals surface area contributed by atoms with Gasteiger partial charge in [-0.1, -0.05) is 12.1 Å². The van der Waals surface area contributed by atoms with Crippen LogP contribution in [-0.2, 0) is 22.4 Å². The molecule has 0 saturated heterocycles. The van der Waals surface area contributed by atoms with Gasteiger partial charge >= 0.3 is 11.6 Å². The Hall–Kier alpha value is -4.01. The highest BCUT2D eigenvalue weighted by atomic mass is 16.5. The molecule has 0 aliphatic carbocycles. The van der Waals surface area contributed by atoms with Crippen molar-refractivity contribution in [2.75, 3.05) is 14.2 Å². The topological polar surface area (TPSA) is 135 Å². The number of hydrogen-bond acceptors (Lipinski definition) is 7. The lowest BCUT2D eigenvalue weighted by Crippen LogP contribution is -2.43. The number of hydrogen-bond donors (Lipinski definition) is 3. The normalized spacial score (nSPS) is 11.7. The SMILES string of the molecule is COc1cc2oc(=O)c(CC(=O)N[C@H](Cc3ccc(O)cc3)C(=O)O)c(C)c2cc1OC. The number of phenolic OH excluding ortho intramolecular Hbond substituents is 1. The van der Waals surface area contributed by atoms with Crippen molar-refractivity contribution < 1.29 is 33.7 Å². The Bertz CT molecular complexity index is 1210. The minimum absolute atomic E-state index is 0.0175. The van der Waals surface area contributed by atoms with Crippen LogP contribution in [0.25, 0.3) is 11.0 Å². The second-order valence-corrected chi connectivity index (χ2v) is 7.20. The van der Waals surface area contributed by atoms with Gasteiger partial charge in [0, 0.05) is 17.9 Å². The fourth-order valence-electron chi connectivity index (χ4n) is 3.39. The molecule has 3 aromatic rings. The first-order valence-electron chi connectivity index (χ1n) is 9.71. The average Bonchev–Trinajstić information content (AvgIpc) is 2.76. The van der Waals surface area contributed by atoms with E-state index >= 15 is 0 Å². The van der Waals surface area contributed by atoms with Crippen LogP contribution in [0.3, 0.4) is 0 Å². The highest BCUT2D eigenvalue weighted by molar-refractivity contribution is 5.88. The van der Waals surface area contributed by atoms with Crippen LogP contribution >= 0.6 is 0 Å². The van der Waals surface area contributed by atoms with Crippen LogP contribution in [0.5, 0.6) is 17.2 Å². The lowest BCUT2D eigenvalue weighted by Gasteiger charge is -2.16. The van der Waals surface area contributed by atoms with Crippen molar-refractivity contribution in [1.29, 1.82) is 0 Å². The summed E-state index contributed by atoms with van der Waals surface area (Å²) < 4.78 is 15.9. The van der Waals surface area contributed by atoms with Gasteiger partial charge in [-0.15, -0.1) is 0 Å². The van der Waals surface area contributed by atoms with E-state index in [2.05, 4.69) is 5.32 Å². The van der Waals surface area contributed by atoms with Crippen LogP contribution in [-0.4, -0.2) is 42.4 Å². The number of methoxy groups -OCH3 is 2. The number of aromatic hydroxyl groups is 1. The number of ether oxygens (including phenoxy) is 2. The van der Waals surface area contributed by atoms with E-state index in [1.165, 1.54) is 32.4 Å². The van der Waals surface area contributed by atoms with Gasteiger partial charge in [-0.05, 0) is 36.2 Å². The molecule has 3 rings (SSSR count). The first kappa shape index (κ1) is 22.7. The molecule has 3 N–H and O–H groups in total. The summed E-state index contributed by atoms with van der Waals surface area (Å²) in [5, 5.41) is 21.9. The van der Waals surface area contributed by atoms with E-state index in [0.29, 0.717) is 28.0 Å². The second-order valence-electron chi connectivity index (χ2n) is 7.20. The molecule has 0 bridgehead atoms. The van der Waals surface area contributed by atoms with Gasteiger partial charge < -0.3 is 29.4 Å². The summed E-state index contributed by atoms with van der Waals surface area (Å²) in [7, 11) is 2.94. The molecule has 0 spiro atoms. The summed E-state index contributed by atoms with van der Waals surface area (Å²) in [6.45, 7) is 1.68. The van der Waals surface area contributed by atoms with Crippen molar-refractivity contribution in [2.45, 2.75) is 25.8 Å². The van der Waals surface area contributed by atoms with E-state index in [1.54, 1.807) is 25.1 Å². The first-order valence-corrected chi connectivity index (χ1v) is 9.71. The molecular formula is C23H23NO8. The van der Waals surface area contributed by atoms with Crippen LogP contribution in [0.4, 0.5) is 0 Å². The zero-order valence-corrected chi connectivity index (χ0v) is 17.8. The Kier molecular flexibility index (Phi) is 6.67. The van der Waals surface area contributed by atoms with Gasteiger partial charge in [-0.25, -0.2) is 9.59 Å². The summed E-state index contributed by atoms with van der Waals surface area (Å²) in [6, 6.07) is 7.99. The van der Waals surface area contributed by atoms with Crippen LogP contribution < -0.4 is 20.4 Å². The molecular weight excluding hydrogens is 418 g/mol. The van der Waals surface area contributed by atoms with Crippen molar-refractivity contribution in [3.05, 3.63) is 63.5 Å². The second kappa shape index (κ2) is 9.42. The summed E-state index contributed by atoms with van der Waals surface area (Å²) in [6.07, 6.45) is -0.332. The van der Waals surface area contributed by atoms with Crippen LogP contribution in [0.1, 0.15) is 16.7 Å². The Morgan fingerprint density at radius 3 is 2.31 bits per heavy atom. The standard InChI is InChI=1S/C23H23NO8/c1-12-15-9-19(30-2)20(31-3)11-18(15)32-23(29)16(12)10-21(26)24-17(22(27)28)8-13-4-6-14(25)7-5-13/h4-7,9,11,17,25H,8,10H2,1-3H3,(H,24,26)(H,27,28)/t17-/m1/s1. The third kappa shape index (κ3) is 4.83. The number of aliphatic carboxylic acids is 1. The number of fused-ring (bicyclic) bond motifs is 1. The highest BCUT2D eigenvalue weighted by Crippen LogP contribution is 2.33. The van der Waals surface area contributed by atoms with Crippen LogP contribution in [0.15, 0.2) is 45.6 Å². The molecule has 0 aliphatic heterocycles. The molecule has 9 nitrogen and oxygen atoms in total. The molecule has 2 aromatic carbocycles. The van der Waals surface area contributed by atoms with Crippen molar-refractivity contribution in [3.63, 3.8) is 0 Å². The molecule has 0 fully saturated rings. The maximum absolute atomic E-state index is 12.6. The fraction of sp³-hybridized carbons (Fsp3) is 0.261. The zero-order chi connectivity index (χ0) is 23.4. The Morgan fingerprint density at radius 2 is 1.72 bits per heavy atom. The quantitative estimate of drug-likeness (QED) is 0.453. The molecule has 0 radical (unpaired) electrons. The summed E-state index contributed by atoms with van der Waals surface area (Å²) >= 11 is 0. The number of carbonyl (C=O) groups is 2. The van der Waals surface area contributed by atoms with E-state index in [4.69, 9.17) is 13.9 Å². The largest absolute Gasteiger partial charge is 0.508 e. The van der Waals surface area contributed by atoms with Crippen molar-refractivity contribution in [1.82, 2.24) is 5.32 Å². The van der Waals surface area contributed by atoms with E-state index in [0.717, 1.165) is 0 Å². The number of carboxylic acids is 1. The van der Waals surface area contributed by atoms with Gasteiger partial charge in [0.2, 0.25) is 5.91 Å². The lowest BCUT2D eigenvalue weighted by molar-refractivity contribution is -0.141. The average molecular weight is 441 g/mol. The van der Waals surface area contributed by atoms with E-state index in [1.807, 2.05) is 0 Å². The maximum Gasteiger partial charge on any atom is 0.340 e. The maximum atomic E-state index is 12.6. The van der Waals surface area contributed by atoms with Gasteiger partial charge in [0.1, 0.15) is 17.4 Å². The van der Waals surface area contributed by atoms with Crippen molar-refractivity contribution in [3.8, 4) is 17.2 Å². The summed E-state index contributed by atoms with van der Waals surface area (Å²) in [5.41, 5.74) is 0.861. The number of rotatable bonds is 8. The van der Waals surface area contributed by atoms with Gasteiger partial charge in [0.15, 0.2) is 11.5 Å². The number of benzene rings is 2. The molecule has 1 aromatic heterocycles. The Balaban J connectivity index is 1.85. The smallest absolute Gasteiger partial charge is 0.340 e. The van der Waals surface area contributed by atoms with Crippen molar-refractivity contribution in [2.24, 2.45) is 0 Å². The number of phenols is 1. The summed E-state index contributed by atoms with van der Waals surface area (Å²) in [5.74, 6) is -0.965. The third-order valence-corrected chi connectivity index (χ3v) is 5.14. The molecule has 0 aliphatic rings. The minimum Gasteiger partial charge on any atom is -0.508 e. The zero-order valence-electron chi connectivity index (χ0n) is 17.8. The van der Waals surface area contributed by atoms with Crippen LogP contribution in [0.2, 0.25) is 0 Å². The minimum atomic E-state index is -1.22. The summed E-state index contributed by atoms with van der Waals surface area (Å²) in [4.78, 5) is 36.8. The van der Waals surface area contributed by atoms with E-state index in [9.17, 15) is 24.6 Å². The molecule has 32 heavy (non-hydrogen) atoms. The highest BCUT2D eigenvalue weighted by Gasteiger charge is 2.23. The van der Waals surface area contributed by atoms with Crippen LogP contribution in [0, 0.1) is 6.92 Å². The molecule has 1 atom stereocenters. The Morgan fingerprint density at radius 1 is 1.09 bits per heavy atom. The fourth-order valence-corrected chi connectivity index (χ4v) is 3.39. The van der Waals surface area contributed by atoms with Gasteiger partial charge in [-0.3, -0.25) is 4.79 Å². The number of carbonyl (C=O) groups excluding carboxylic acids is 1.